The van der Waals surface area contributed by atoms with E-state index < -0.39 is 5.97 Å². The summed E-state index contributed by atoms with van der Waals surface area (Å²) in [6.45, 7) is 2.60. The van der Waals surface area contributed by atoms with E-state index in [0.717, 1.165) is 5.56 Å². The first kappa shape index (κ1) is 19.2. The summed E-state index contributed by atoms with van der Waals surface area (Å²) in [5.41, 5.74) is 1.29. The molecule has 0 saturated carbocycles. The molecule has 7 heteroatoms. The van der Waals surface area contributed by atoms with Crippen LogP contribution in [-0.4, -0.2) is 24.2 Å². The monoisotopic (exact) mass is 411 g/mol. The Balaban J connectivity index is 2.15. The van der Waals surface area contributed by atoms with Crippen LogP contribution in [0.5, 0.6) is 11.5 Å². The molecular formula is C18H19BrFNO4. The zero-order valence-electron chi connectivity index (χ0n) is 13.7. The number of rotatable bonds is 9. The Kier molecular flexibility index (Phi) is 7.21. The minimum absolute atomic E-state index is 0.0714. The number of ether oxygens (including phenoxy) is 2. The lowest BCUT2D eigenvalue weighted by atomic mass is 10.2. The third-order valence-corrected chi connectivity index (χ3v) is 3.89. The molecule has 0 aliphatic rings. The topological polar surface area (TPSA) is 67.8 Å². The van der Waals surface area contributed by atoms with Crippen LogP contribution in [0.15, 0.2) is 40.9 Å². The first-order valence-electron chi connectivity index (χ1n) is 7.75. The Morgan fingerprint density at radius 1 is 1.28 bits per heavy atom. The fraction of sp³-hybridized carbons (Fsp3) is 0.278. The molecule has 0 bridgehead atoms. The summed E-state index contributed by atoms with van der Waals surface area (Å²) >= 11 is 3.44. The van der Waals surface area contributed by atoms with E-state index >= 15 is 0 Å². The summed E-state index contributed by atoms with van der Waals surface area (Å²) in [4.78, 5) is 10.6. The number of benzene rings is 2. The fourth-order valence-electron chi connectivity index (χ4n) is 2.21. The van der Waals surface area contributed by atoms with Crippen LogP contribution in [-0.2, 0) is 17.9 Å². The zero-order valence-corrected chi connectivity index (χ0v) is 15.3. The van der Waals surface area contributed by atoms with Gasteiger partial charge in [-0.3, -0.25) is 4.79 Å². The molecule has 2 aromatic carbocycles. The molecule has 0 heterocycles. The van der Waals surface area contributed by atoms with Crippen molar-refractivity contribution in [2.45, 2.75) is 20.1 Å². The van der Waals surface area contributed by atoms with Crippen molar-refractivity contribution in [2.75, 3.05) is 13.2 Å². The van der Waals surface area contributed by atoms with Gasteiger partial charge in [-0.1, -0.05) is 18.2 Å². The molecule has 0 saturated heterocycles. The SMILES string of the molecule is CCOc1cc(CNCC(=O)O)cc(Br)c1OCc1ccccc1F. The second kappa shape index (κ2) is 9.39. The molecule has 0 spiro atoms. The molecule has 0 aliphatic heterocycles. The molecule has 0 amide bonds. The first-order chi connectivity index (χ1) is 12.0. The van der Waals surface area contributed by atoms with Crippen molar-refractivity contribution < 1.29 is 23.8 Å². The largest absolute Gasteiger partial charge is 0.490 e. The summed E-state index contributed by atoms with van der Waals surface area (Å²) in [5, 5.41) is 11.5. The number of hydrogen-bond acceptors (Lipinski definition) is 4. The quantitative estimate of drug-likeness (QED) is 0.657. The van der Waals surface area contributed by atoms with Gasteiger partial charge in [0.25, 0.3) is 0 Å². The summed E-state index contributed by atoms with van der Waals surface area (Å²) < 4.78 is 25.8. The number of halogens is 2. The molecule has 5 nitrogen and oxygen atoms in total. The molecule has 0 fully saturated rings. The molecule has 0 unspecified atom stereocenters. The molecule has 0 atom stereocenters. The third-order valence-electron chi connectivity index (χ3n) is 3.30. The van der Waals surface area contributed by atoms with Crippen molar-refractivity contribution in [3.05, 3.63) is 57.8 Å². The van der Waals surface area contributed by atoms with E-state index in [-0.39, 0.29) is 19.0 Å². The number of nitrogens with one attached hydrogen (secondary N) is 1. The Bertz CT molecular complexity index is 739. The normalized spacial score (nSPS) is 10.5. The van der Waals surface area contributed by atoms with Crippen molar-refractivity contribution >= 4 is 21.9 Å². The Labute approximate surface area is 153 Å². The second-order valence-corrected chi connectivity index (χ2v) is 6.07. The molecule has 0 radical (unpaired) electrons. The smallest absolute Gasteiger partial charge is 0.317 e. The van der Waals surface area contributed by atoms with E-state index in [2.05, 4.69) is 21.2 Å². The Morgan fingerprint density at radius 2 is 2.04 bits per heavy atom. The highest BCUT2D eigenvalue weighted by molar-refractivity contribution is 9.10. The van der Waals surface area contributed by atoms with Crippen molar-refractivity contribution in [2.24, 2.45) is 0 Å². The van der Waals surface area contributed by atoms with Crippen LogP contribution in [0.2, 0.25) is 0 Å². The van der Waals surface area contributed by atoms with Crippen molar-refractivity contribution in [1.29, 1.82) is 0 Å². The number of carboxylic acid groups (broad SMARTS) is 1. The van der Waals surface area contributed by atoms with Crippen molar-refractivity contribution in [3.8, 4) is 11.5 Å². The van der Waals surface area contributed by atoms with E-state index in [0.29, 0.717) is 34.7 Å². The summed E-state index contributed by atoms with van der Waals surface area (Å²) in [6.07, 6.45) is 0. The predicted molar refractivity (Wildman–Crippen MR) is 95.4 cm³/mol. The molecule has 2 aromatic rings. The molecule has 2 N–H and O–H groups in total. The van der Waals surface area contributed by atoms with Gasteiger partial charge in [-0.15, -0.1) is 0 Å². The van der Waals surface area contributed by atoms with Gasteiger partial charge in [0.15, 0.2) is 11.5 Å². The molecule has 25 heavy (non-hydrogen) atoms. The van der Waals surface area contributed by atoms with E-state index in [9.17, 15) is 9.18 Å². The molecule has 0 aliphatic carbocycles. The van der Waals surface area contributed by atoms with Gasteiger partial charge in [0, 0.05) is 12.1 Å². The highest BCUT2D eigenvalue weighted by Gasteiger charge is 2.13. The maximum Gasteiger partial charge on any atom is 0.317 e. The average Bonchev–Trinajstić information content (AvgIpc) is 2.55. The van der Waals surface area contributed by atoms with Crippen LogP contribution in [0.3, 0.4) is 0 Å². The standard InChI is InChI=1S/C18H19BrFNO4/c1-2-24-16-8-12(9-21-10-17(22)23)7-14(19)18(16)25-11-13-5-3-4-6-15(13)20/h3-8,21H,2,9-11H2,1H3,(H,22,23). The van der Waals surface area contributed by atoms with Crippen LogP contribution >= 0.6 is 15.9 Å². The summed E-state index contributed by atoms with van der Waals surface area (Å²) in [6, 6.07) is 10.0. The molecule has 2 rings (SSSR count). The number of aliphatic carboxylic acids is 1. The highest BCUT2D eigenvalue weighted by atomic mass is 79.9. The third kappa shape index (κ3) is 5.72. The summed E-state index contributed by atoms with van der Waals surface area (Å²) in [7, 11) is 0. The van der Waals surface area contributed by atoms with Gasteiger partial charge >= 0.3 is 5.97 Å². The van der Waals surface area contributed by atoms with Gasteiger partial charge in [0.2, 0.25) is 0 Å². The molecule has 0 aromatic heterocycles. The van der Waals surface area contributed by atoms with Gasteiger partial charge in [0.05, 0.1) is 17.6 Å². The van der Waals surface area contributed by atoms with Gasteiger partial charge in [-0.2, -0.15) is 0 Å². The van der Waals surface area contributed by atoms with Crippen LogP contribution in [0.25, 0.3) is 0 Å². The van der Waals surface area contributed by atoms with Gasteiger partial charge in [-0.25, -0.2) is 4.39 Å². The maximum absolute atomic E-state index is 13.7. The fourth-order valence-corrected chi connectivity index (χ4v) is 2.81. The Hall–Kier alpha value is -2.12. The molecule has 134 valence electrons. The summed E-state index contributed by atoms with van der Waals surface area (Å²) in [5.74, 6) is -0.257. The number of carbonyl (C=O) groups is 1. The molecular weight excluding hydrogens is 393 g/mol. The minimum Gasteiger partial charge on any atom is -0.490 e. The number of hydrogen-bond donors (Lipinski definition) is 2. The van der Waals surface area contributed by atoms with E-state index in [1.807, 2.05) is 13.0 Å². The van der Waals surface area contributed by atoms with Crippen molar-refractivity contribution in [1.82, 2.24) is 5.32 Å². The van der Waals surface area contributed by atoms with Crippen LogP contribution < -0.4 is 14.8 Å². The lowest BCUT2D eigenvalue weighted by Gasteiger charge is -2.16. The van der Waals surface area contributed by atoms with E-state index in [1.165, 1.54) is 6.07 Å². The average molecular weight is 412 g/mol. The first-order valence-corrected chi connectivity index (χ1v) is 8.54. The maximum atomic E-state index is 13.7. The van der Waals surface area contributed by atoms with Gasteiger partial charge in [-0.05, 0) is 46.6 Å². The van der Waals surface area contributed by atoms with Crippen LogP contribution in [0.4, 0.5) is 4.39 Å². The minimum atomic E-state index is -0.922. The van der Waals surface area contributed by atoms with Crippen LogP contribution in [0, 0.1) is 5.82 Å². The predicted octanol–water partition coefficient (Wildman–Crippen LogP) is 3.74. The van der Waals surface area contributed by atoms with Gasteiger partial charge < -0.3 is 19.9 Å². The zero-order chi connectivity index (χ0) is 18.2. The highest BCUT2D eigenvalue weighted by Crippen LogP contribution is 2.37. The Morgan fingerprint density at radius 3 is 2.72 bits per heavy atom. The lowest BCUT2D eigenvalue weighted by molar-refractivity contribution is -0.135. The second-order valence-electron chi connectivity index (χ2n) is 5.22. The van der Waals surface area contributed by atoms with E-state index in [4.69, 9.17) is 14.6 Å². The number of carboxylic acids is 1. The van der Waals surface area contributed by atoms with E-state index in [1.54, 1.807) is 24.3 Å². The van der Waals surface area contributed by atoms with Gasteiger partial charge in [0.1, 0.15) is 12.4 Å². The van der Waals surface area contributed by atoms with Crippen LogP contribution in [0.1, 0.15) is 18.1 Å². The van der Waals surface area contributed by atoms with Crippen molar-refractivity contribution in [3.63, 3.8) is 0 Å². The lowest BCUT2D eigenvalue weighted by Crippen LogP contribution is -2.21.